The molecule has 0 bridgehead atoms. The molecule has 5 N–H and O–H groups in total. The van der Waals surface area contributed by atoms with Gasteiger partial charge >= 0.3 is 0 Å². The first-order valence-corrected chi connectivity index (χ1v) is 12.8. The molecule has 3 aromatic carbocycles. The Labute approximate surface area is 209 Å². The largest absolute Gasteiger partial charge is 0.507 e. The zero-order valence-corrected chi connectivity index (χ0v) is 20.6. The smallest absolute Gasteiger partial charge is 0.261 e. The van der Waals surface area contributed by atoms with E-state index in [1.54, 1.807) is 48.5 Å². The summed E-state index contributed by atoms with van der Waals surface area (Å²) >= 11 is 0. The average Bonchev–Trinajstić information content (AvgIpc) is 3.39. The number of phenols is 1. The van der Waals surface area contributed by atoms with Gasteiger partial charge in [-0.2, -0.15) is 0 Å². The molecule has 0 spiro atoms. The van der Waals surface area contributed by atoms with E-state index in [0.29, 0.717) is 34.8 Å². The molecule has 0 amide bonds. The van der Waals surface area contributed by atoms with E-state index in [4.69, 9.17) is 4.74 Å². The summed E-state index contributed by atoms with van der Waals surface area (Å²) in [5.41, 5.74) is 10.5. The Hall–Kier alpha value is -4.09. The third kappa shape index (κ3) is 5.42. The summed E-state index contributed by atoms with van der Waals surface area (Å²) in [5.74, 6) is 0.664. The van der Waals surface area contributed by atoms with Crippen molar-refractivity contribution in [1.29, 1.82) is 0 Å². The third-order valence-electron chi connectivity index (χ3n) is 5.58. The van der Waals surface area contributed by atoms with E-state index < -0.39 is 10.0 Å². The second kappa shape index (κ2) is 10.7. The number of ketones is 1. The maximum atomic E-state index is 13.0. The monoisotopic (exact) mass is 509 g/mol. The molecule has 0 unspecified atom stereocenters. The van der Waals surface area contributed by atoms with Gasteiger partial charge < -0.3 is 9.84 Å². The van der Waals surface area contributed by atoms with E-state index in [1.165, 1.54) is 19.1 Å². The van der Waals surface area contributed by atoms with E-state index in [2.05, 4.69) is 26.3 Å². The molecule has 0 radical (unpaired) electrons. The van der Waals surface area contributed by atoms with Crippen LogP contribution in [0.1, 0.15) is 47.3 Å². The molecule has 4 rings (SSSR count). The number of hydrazine groups is 2. The van der Waals surface area contributed by atoms with E-state index in [-0.39, 0.29) is 28.6 Å². The summed E-state index contributed by atoms with van der Waals surface area (Å²) in [6.07, 6.45) is 1.32. The Morgan fingerprint density at radius 2 is 1.83 bits per heavy atom. The van der Waals surface area contributed by atoms with Gasteiger partial charge in [0.2, 0.25) is 0 Å². The van der Waals surface area contributed by atoms with E-state index in [0.717, 1.165) is 12.0 Å². The number of amidine groups is 1. The Bertz CT molecular complexity index is 1400. The Morgan fingerprint density at radius 1 is 1.08 bits per heavy atom. The molecule has 10 nitrogen and oxygen atoms in total. The fraction of sp³-hybridized carbons (Fsp3) is 0.200. The van der Waals surface area contributed by atoms with Crippen LogP contribution in [0.15, 0.2) is 70.7 Å². The molecule has 0 saturated carbocycles. The first-order chi connectivity index (χ1) is 17.3. The van der Waals surface area contributed by atoms with Gasteiger partial charge in [-0.15, -0.1) is 10.6 Å². The molecule has 0 aliphatic carbocycles. The number of benzene rings is 3. The summed E-state index contributed by atoms with van der Waals surface area (Å²) in [6.45, 7) is 3.54. The van der Waals surface area contributed by atoms with Crippen LogP contribution in [-0.2, 0) is 23.1 Å². The minimum absolute atomic E-state index is 0.0556. The lowest BCUT2D eigenvalue weighted by Gasteiger charge is -2.15. The molecule has 0 aromatic heterocycles. The predicted molar refractivity (Wildman–Crippen MR) is 136 cm³/mol. The van der Waals surface area contributed by atoms with Crippen molar-refractivity contribution in [2.24, 2.45) is 5.10 Å². The molecule has 1 aliphatic rings. The second-order valence-corrected chi connectivity index (χ2v) is 9.83. The zero-order valence-electron chi connectivity index (χ0n) is 19.8. The number of para-hydroxylation sites is 1. The lowest BCUT2D eigenvalue weighted by Crippen LogP contribution is -2.35. The first kappa shape index (κ1) is 25.0. The highest BCUT2D eigenvalue weighted by molar-refractivity contribution is 7.92. The molecule has 11 heteroatoms. The predicted octanol–water partition coefficient (Wildman–Crippen LogP) is 3.20. The van der Waals surface area contributed by atoms with Gasteiger partial charge in [0.1, 0.15) is 18.1 Å². The van der Waals surface area contributed by atoms with Crippen molar-refractivity contribution in [3.05, 3.63) is 82.9 Å². The van der Waals surface area contributed by atoms with Crippen LogP contribution in [0, 0.1) is 0 Å². The topological polar surface area (TPSA) is 141 Å². The summed E-state index contributed by atoms with van der Waals surface area (Å²) < 4.78 is 34.5. The van der Waals surface area contributed by atoms with Gasteiger partial charge in [0.25, 0.3) is 10.0 Å². The normalized spacial score (nSPS) is 12.9. The lowest BCUT2D eigenvalue weighted by molar-refractivity contribution is 0.101. The van der Waals surface area contributed by atoms with Crippen molar-refractivity contribution < 1.29 is 23.1 Å². The summed E-state index contributed by atoms with van der Waals surface area (Å²) in [5, 5.41) is 14.5. The number of hydrazone groups is 1. The van der Waals surface area contributed by atoms with Crippen molar-refractivity contribution in [3.8, 4) is 11.5 Å². The summed E-state index contributed by atoms with van der Waals surface area (Å²) in [4.78, 5) is 11.8. The number of hydrogen-bond acceptors (Lipinski definition) is 9. The van der Waals surface area contributed by atoms with Gasteiger partial charge in [-0.3, -0.25) is 14.9 Å². The van der Waals surface area contributed by atoms with Gasteiger partial charge in [0, 0.05) is 11.1 Å². The Morgan fingerprint density at radius 3 is 2.50 bits per heavy atom. The minimum atomic E-state index is -3.86. The van der Waals surface area contributed by atoms with E-state index in [1.807, 2.05) is 6.92 Å². The highest BCUT2D eigenvalue weighted by Gasteiger charge is 2.20. The van der Waals surface area contributed by atoms with Crippen LogP contribution in [0.5, 0.6) is 11.5 Å². The Balaban J connectivity index is 1.48. The molecule has 3 aromatic rings. The van der Waals surface area contributed by atoms with Crippen LogP contribution in [0.3, 0.4) is 0 Å². The molecule has 36 heavy (non-hydrogen) atoms. The summed E-state index contributed by atoms with van der Waals surface area (Å²) in [7, 11) is -3.86. The molecule has 188 valence electrons. The van der Waals surface area contributed by atoms with Crippen molar-refractivity contribution in [2.75, 3.05) is 4.72 Å². The van der Waals surface area contributed by atoms with Gasteiger partial charge in [-0.1, -0.05) is 37.6 Å². The van der Waals surface area contributed by atoms with E-state index >= 15 is 0 Å². The number of Topliss-reactive ketones (excluding diaryl/α,β-unsaturated/α-hetero) is 1. The first-order valence-electron chi connectivity index (χ1n) is 11.3. The van der Waals surface area contributed by atoms with Crippen LogP contribution in [-0.4, -0.2) is 25.1 Å². The molecule has 0 saturated heterocycles. The van der Waals surface area contributed by atoms with Crippen LogP contribution in [0.25, 0.3) is 0 Å². The molecule has 1 heterocycles. The molecular weight excluding hydrogens is 482 g/mol. The molecular formula is C25H27N5O5S. The number of rotatable bonds is 10. The van der Waals surface area contributed by atoms with Gasteiger partial charge in [-0.25, -0.2) is 14.0 Å². The molecule has 1 aliphatic heterocycles. The van der Waals surface area contributed by atoms with E-state index in [9.17, 15) is 18.3 Å². The number of ether oxygens (including phenoxy) is 1. The fourth-order valence-electron chi connectivity index (χ4n) is 3.76. The second-order valence-electron chi connectivity index (χ2n) is 8.15. The lowest BCUT2D eigenvalue weighted by atomic mass is 10.0. The number of hydrogen-bond donors (Lipinski definition) is 5. The van der Waals surface area contributed by atoms with Crippen molar-refractivity contribution in [3.63, 3.8) is 0 Å². The SMILES string of the molecule is CCCc1c(OCc2ccc(S(=O)(=O)Nc3ccccc3C3=NNNN3)cc2)ccc(C(C)=O)c1O. The van der Waals surface area contributed by atoms with Crippen molar-refractivity contribution in [2.45, 2.75) is 38.2 Å². The Kier molecular flexibility index (Phi) is 7.41. The average molecular weight is 510 g/mol. The zero-order chi connectivity index (χ0) is 25.7. The number of aromatic hydroxyl groups is 1. The maximum Gasteiger partial charge on any atom is 0.261 e. The van der Waals surface area contributed by atoms with Gasteiger partial charge in [0.05, 0.1) is 16.1 Å². The van der Waals surface area contributed by atoms with Crippen LogP contribution < -0.4 is 26.0 Å². The van der Waals surface area contributed by atoms with Crippen molar-refractivity contribution in [1.82, 2.24) is 16.5 Å². The number of nitrogens with zero attached hydrogens (tertiary/aromatic N) is 1. The molecule has 0 fully saturated rings. The van der Waals surface area contributed by atoms with Crippen LogP contribution in [0.4, 0.5) is 5.69 Å². The number of carbonyl (C=O) groups excluding carboxylic acids is 1. The van der Waals surface area contributed by atoms with Gasteiger partial charge in [-0.05, 0) is 55.3 Å². The van der Waals surface area contributed by atoms with Crippen LogP contribution in [0.2, 0.25) is 0 Å². The quantitative estimate of drug-likeness (QED) is 0.262. The number of anilines is 1. The number of nitrogens with one attached hydrogen (secondary N) is 4. The highest BCUT2D eigenvalue weighted by atomic mass is 32.2. The number of phenolic OH excluding ortho intramolecular Hbond substituents is 1. The van der Waals surface area contributed by atoms with Gasteiger partial charge in [0.15, 0.2) is 11.6 Å². The number of sulfonamides is 1. The standard InChI is InChI=1S/C25H27N5O5S/c1-3-6-21-23(14-13-19(16(2)31)24(21)32)35-15-17-9-11-18(12-10-17)36(33,34)28-22-8-5-4-7-20(22)25-26-29-30-27-25/h4-5,7-14,28-30,32H,3,6,15H2,1-2H3,(H,26,27). The third-order valence-corrected chi connectivity index (χ3v) is 6.96. The van der Waals surface area contributed by atoms with Crippen molar-refractivity contribution >= 4 is 27.3 Å². The summed E-state index contributed by atoms with van der Waals surface area (Å²) in [6, 6.07) is 16.5. The fourth-order valence-corrected chi connectivity index (χ4v) is 4.84. The maximum absolute atomic E-state index is 13.0. The number of carbonyl (C=O) groups is 1. The highest BCUT2D eigenvalue weighted by Crippen LogP contribution is 2.33. The van der Waals surface area contributed by atoms with Crippen LogP contribution >= 0.6 is 0 Å². The molecule has 0 atom stereocenters. The minimum Gasteiger partial charge on any atom is -0.507 e.